The molecule has 0 radical (unpaired) electrons. The fourth-order valence-electron chi connectivity index (χ4n) is 2.15. The van der Waals surface area contributed by atoms with Gasteiger partial charge in [0.05, 0.1) is 4.92 Å². The summed E-state index contributed by atoms with van der Waals surface area (Å²) in [6.07, 6.45) is 0.681. The number of non-ortho nitro benzene ring substituents is 1. The summed E-state index contributed by atoms with van der Waals surface area (Å²) >= 11 is 1.41. The van der Waals surface area contributed by atoms with Crippen LogP contribution in [0.1, 0.15) is 36.3 Å². The van der Waals surface area contributed by atoms with Gasteiger partial charge in [0.15, 0.2) is 6.29 Å². The van der Waals surface area contributed by atoms with Gasteiger partial charge in [0.1, 0.15) is 16.4 Å². The van der Waals surface area contributed by atoms with Crippen molar-refractivity contribution >= 4 is 28.3 Å². The lowest BCUT2D eigenvalue weighted by atomic mass is 9.98. The maximum atomic E-state index is 11.5. The summed E-state index contributed by atoms with van der Waals surface area (Å²) in [6.45, 7) is 6.11. The molecule has 23 heavy (non-hydrogen) atoms. The van der Waals surface area contributed by atoms with E-state index in [1.807, 2.05) is 20.8 Å². The van der Waals surface area contributed by atoms with Gasteiger partial charge in [-0.1, -0.05) is 44.2 Å². The molecule has 0 aliphatic rings. The van der Waals surface area contributed by atoms with Gasteiger partial charge in [0.2, 0.25) is 4.96 Å². The summed E-state index contributed by atoms with van der Waals surface area (Å²) in [4.78, 5) is 27.0. The molecule has 0 saturated carbocycles. The van der Waals surface area contributed by atoms with Crippen LogP contribution in [0.2, 0.25) is 0 Å². The summed E-state index contributed by atoms with van der Waals surface area (Å²) in [5.74, 6) is 0. The maximum absolute atomic E-state index is 11.5. The van der Waals surface area contributed by atoms with Crippen LogP contribution in [-0.4, -0.2) is 25.8 Å². The SMILES string of the molecule is CC(C)(C)c1nn2c(C=O)c(-c3cccc([N+](=O)[O-])c3)nc2s1. The molecule has 0 fully saturated rings. The van der Waals surface area contributed by atoms with E-state index in [1.54, 1.807) is 12.1 Å². The minimum absolute atomic E-state index is 0.0426. The van der Waals surface area contributed by atoms with Crippen LogP contribution in [0.15, 0.2) is 24.3 Å². The molecule has 1 aromatic carbocycles. The van der Waals surface area contributed by atoms with Crippen molar-refractivity contribution in [2.45, 2.75) is 26.2 Å². The zero-order chi connectivity index (χ0) is 16.8. The summed E-state index contributed by atoms with van der Waals surface area (Å²) in [7, 11) is 0. The fourth-order valence-corrected chi connectivity index (χ4v) is 3.12. The minimum Gasteiger partial charge on any atom is -0.296 e. The Morgan fingerprint density at radius 1 is 1.35 bits per heavy atom. The van der Waals surface area contributed by atoms with Crippen LogP contribution < -0.4 is 0 Å². The zero-order valence-corrected chi connectivity index (χ0v) is 13.6. The Kier molecular flexibility index (Phi) is 3.48. The van der Waals surface area contributed by atoms with Crippen molar-refractivity contribution in [2.75, 3.05) is 0 Å². The molecule has 2 aromatic heterocycles. The lowest BCUT2D eigenvalue weighted by Crippen LogP contribution is -2.11. The summed E-state index contributed by atoms with van der Waals surface area (Å²) in [6, 6.07) is 6.07. The highest BCUT2D eigenvalue weighted by molar-refractivity contribution is 7.16. The zero-order valence-electron chi connectivity index (χ0n) is 12.8. The highest BCUT2D eigenvalue weighted by Gasteiger charge is 2.24. The van der Waals surface area contributed by atoms with Crippen molar-refractivity contribution < 1.29 is 9.72 Å². The Labute approximate surface area is 135 Å². The molecule has 2 heterocycles. The van der Waals surface area contributed by atoms with E-state index in [2.05, 4.69) is 10.1 Å². The summed E-state index contributed by atoms with van der Waals surface area (Å²) in [5, 5.41) is 16.3. The van der Waals surface area contributed by atoms with Crippen LogP contribution >= 0.6 is 11.3 Å². The average Bonchev–Trinajstić information content (AvgIpc) is 3.04. The van der Waals surface area contributed by atoms with Crippen LogP contribution in [0.3, 0.4) is 0 Å². The number of aromatic nitrogens is 3. The first-order chi connectivity index (χ1) is 10.8. The number of imidazole rings is 1. The number of fused-ring (bicyclic) bond motifs is 1. The third kappa shape index (κ3) is 2.61. The molecular formula is C15H14N4O3S. The molecule has 3 aromatic rings. The molecule has 7 nitrogen and oxygen atoms in total. The van der Waals surface area contributed by atoms with E-state index in [9.17, 15) is 14.9 Å². The molecule has 0 atom stereocenters. The lowest BCUT2D eigenvalue weighted by molar-refractivity contribution is -0.384. The Morgan fingerprint density at radius 3 is 2.70 bits per heavy atom. The molecule has 8 heteroatoms. The Morgan fingerprint density at radius 2 is 2.09 bits per heavy atom. The molecule has 0 N–H and O–H groups in total. The molecule has 0 spiro atoms. The average molecular weight is 330 g/mol. The highest BCUT2D eigenvalue weighted by atomic mass is 32.1. The number of aldehydes is 1. The van der Waals surface area contributed by atoms with E-state index in [4.69, 9.17) is 0 Å². The molecule has 118 valence electrons. The minimum atomic E-state index is -0.474. The quantitative estimate of drug-likeness (QED) is 0.416. The second-order valence-electron chi connectivity index (χ2n) is 6.12. The number of nitro benzene ring substituents is 1. The van der Waals surface area contributed by atoms with Crippen molar-refractivity contribution in [3.05, 3.63) is 45.1 Å². The van der Waals surface area contributed by atoms with Crippen molar-refractivity contribution in [1.82, 2.24) is 14.6 Å². The standard InChI is InChI=1S/C15H14N4O3S/c1-15(2,3)13-17-18-11(8-20)12(16-14(18)23-13)9-5-4-6-10(7-9)19(21)22/h4-8H,1-3H3. The molecule has 0 saturated heterocycles. The van der Waals surface area contributed by atoms with Gasteiger partial charge in [-0.25, -0.2) is 4.98 Å². The number of rotatable bonds is 3. The summed E-state index contributed by atoms with van der Waals surface area (Å²) in [5.41, 5.74) is 1.04. The van der Waals surface area contributed by atoms with E-state index in [0.29, 0.717) is 28.2 Å². The van der Waals surface area contributed by atoms with Crippen LogP contribution in [0.25, 0.3) is 16.2 Å². The van der Waals surface area contributed by atoms with Gasteiger partial charge in [-0.05, 0) is 0 Å². The monoisotopic (exact) mass is 330 g/mol. The second kappa shape index (κ2) is 5.24. The van der Waals surface area contributed by atoms with E-state index in [0.717, 1.165) is 5.01 Å². The number of benzene rings is 1. The number of carbonyl (C=O) groups is 1. The first-order valence-corrected chi connectivity index (χ1v) is 7.73. The Balaban J connectivity index is 2.19. The maximum Gasteiger partial charge on any atom is 0.270 e. The number of nitrogens with zero attached hydrogens (tertiary/aromatic N) is 4. The number of nitro groups is 1. The topological polar surface area (TPSA) is 90.4 Å². The highest BCUT2D eigenvalue weighted by Crippen LogP contribution is 2.32. The van der Waals surface area contributed by atoms with Crippen molar-refractivity contribution in [2.24, 2.45) is 0 Å². The van der Waals surface area contributed by atoms with Gasteiger partial charge >= 0.3 is 0 Å². The van der Waals surface area contributed by atoms with Gasteiger partial charge in [-0.3, -0.25) is 14.9 Å². The largest absolute Gasteiger partial charge is 0.296 e. The van der Waals surface area contributed by atoms with E-state index >= 15 is 0 Å². The fraction of sp³-hybridized carbons (Fsp3) is 0.267. The van der Waals surface area contributed by atoms with Crippen molar-refractivity contribution in [1.29, 1.82) is 0 Å². The van der Waals surface area contributed by atoms with E-state index in [1.165, 1.54) is 28.0 Å². The molecule has 0 bridgehead atoms. The predicted molar refractivity (Wildman–Crippen MR) is 87.0 cm³/mol. The summed E-state index contributed by atoms with van der Waals surface area (Å²) < 4.78 is 1.51. The van der Waals surface area contributed by atoms with Crippen molar-refractivity contribution in [3.63, 3.8) is 0 Å². The van der Waals surface area contributed by atoms with E-state index in [-0.39, 0.29) is 11.1 Å². The molecule has 0 aliphatic heterocycles. The van der Waals surface area contributed by atoms with Gasteiger partial charge < -0.3 is 0 Å². The van der Waals surface area contributed by atoms with Crippen LogP contribution in [0.5, 0.6) is 0 Å². The van der Waals surface area contributed by atoms with Crippen LogP contribution in [0.4, 0.5) is 5.69 Å². The van der Waals surface area contributed by atoms with E-state index < -0.39 is 4.92 Å². The van der Waals surface area contributed by atoms with Gasteiger partial charge in [0, 0.05) is 23.1 Å². The molecule has 0 unspecified atom stereocenters. The molecule has 0 aliphatic carbocycles. The number of hydrogen-bond donors (Lipinski definition) is 0. The predicted octanol–water partition coefficient (Wildman–Crippen LogP) is 3.48. The molecular weight excluding hydrogens is 316 g/mol. The number of hydrogen-bond acceptors (Lipinski definition) is 6. The van der Waals surface area contributed by atoms with Crippen molar-refractivity contribution in [3.8, 4) is 11.3 Å². The first kappa shape index (κ1) is 15.3. The second-order valence-corrected chi connectivity index (χ2v) is 7.08. The van der Waals surface area contributed by atoms with Gasteiger partial charge in [0.25, 0.3) is 5.69 Å². The molecule has 0 amide bonds. The smallest absolute Gasteiger partial charge is 0.270 e. The first-order valence-electron chi connectivity index (χ1n) is 6.91. The van der Waals surface area contributed by atoms with Crippen LogP contribution in [0, 0.1) is 10.1 Å². The third-order valence-corrected chi connectivity index (χ3v) is 4.66. The normalized spacial score (nSPS) is 11.8. The van der Waals surface area contributed by atoms with Gasteiger partial charge in [-0.15, -0.1) is 0 Å². The van der Waals surface area contributed by atoms with Gasteiger partial charge in [-0.2, -0.15) is 9.61 Å². The Bertz CT molecular complexity index is 921. The third-order valence-electron chi connectivity index (χ3n) is 3.32. The lowest BCUT2D eigenvalue weighted by Gasteiger charge is -2.12. The number of carbonyl (C=O) groups excluding carboxylic acids is 1. The molecule has 3 rings (SSSR count). The van der Waals surface area contributed by atoms with Crippen LogP contribution in [-0.2, 0) is 5.41 Å². The Hall–Kier alpha value is -2.61.